The number of nitrogens with zero attached hydrogens (tertiary/aromatic N) is 1. The van der Waals surface area contributed by atoms with Crippen molar-refractivity contribution in [2.75, 3.05) is 44.7 Å². The van der Waals surface area contributed by atoms with Crippen LogP contribution < -0.4 is 5.32 Å². The van der Waals surface area contributed by atoms with Crippen molar-refractivity contribution in [2.45, 2.75) is 26.2 Å². The standard InChI is InChI=1S/C12H26N2S/c1-3-14(9-4-10-15-2)11-12-5-7-13-8-6-12/h12-13H,3-11H2,1-2H3. The Balaban J connectivity index is 2.13. The molecule has 1 aliphatic heterocycles. The van der Waals surface area contributed by atoms with Gasteiger partial charge in [-0.15, -0.1) is 0 Å². The lowest BCUT2D eigenvalue weighted by atomic mass is 9.97. The first-order valence-corrected chi connectivity index (χ1v) is 7.68. The van der Waals surface area contributed by atoms with Crippen LogP contribution in [0.1, 0.15) is 26.2 Å². The van der Waals surface area contributed by atoms with Crippen LogP contribution in [0.4, 0.5) is 0 Å². The lowest BCUT2D eigenvalue weighted by Crippen LogP contribution is -2.36. The van der Waals surface area contributed by atoms with E-state index in [1.54, 1.807) is 0 Å². The summed E-state index contributed by atoms with van der Waals surface area (Å²) >= 11 is 1.96. The molecule has 90 valence electrons. The van der Waals surface area contributed by atoms with Gasteiger partial charge in [-0.2, -0.15) is 11.8 Å². The summed E-state index contributed by atoms with van der Waals surface area (Å²) in [6.07, 6.45) is 6.29. The van der Waals surface area contributed by atoms with E-state index in [1.165, 1.54) is 57.7 Å². The lowest BCUT2D eigenvalue weighted by Gasteiger charge is -2.29. The quantitative estimate of drug-likeness (QED) is 0.674. The van der Waals surface area contributed by atoms with Gasteiger partial charge in [0.25, 0.3) is 0 Å². The normalized spacial score (nSPS) is 18.6. The number of nitrogens with one attached hydrogen (secondary N) is 1. The largest absolute Gasteiger partial charge is 0.317 e. The molecule has 0 aromatic carbocycles. The van der Waals surface area contributed by atoms with Crippen molar-refractivity contribution in [2.24, 2.45) is 5.92 Å². The minimum atomic E-state index is 0.945. The first-order valence-electron chi connectivity index (χ1n) is 6.28. The van der Waals surface area contributed by atoms with E-state index in [1.807, 2.05) is 11.8 Å². The van der Waals surface area contributed by atoms with Gasteiger partial charge in [0, 0.05) is 6.54 Å². The van der Waals surface area contributed by atoms with Gasteiger partial charge in [-0.05, 0) is 63.4 Å². The van der Waals surface area contributed by atoms with Crippen LogP contribution in [0.3, 0.4) is 0 Å². The molecule has 1 rings (SSSR count). The van der Waals surface area contributed by atoms with Crippen LogP contribution in [-0.4, -0.2) is 49.6 Å². The van der Waals surface area contributed by atoms with E-state index >= 15 is 0 Å². The predicted octanol–water partition coefficient (Wildman–Crippen LogP) is 2.06. The summed E-state index contributed by atoms with van der Waals surface area (Å²) in [6, 6.07) is 0. The topological polar surface area (TPSA) is 15.3 Å². The van der Waals surface area contributed by atoms with Crippen LogP contribution in [-0.2, 0) is 0 Å². The summed E-state index contributed by atoms with van der Waals surface area (Å²) in [4.78, 5) is 2.63. The molecule has 0 unspecified atom stereocenters. The summed E-state index contributed by atoms with van der Waals surface area (Å²) in [5, 5.41) is 3.44. The molecule has 1 N–H and O–H groups in total. The highest BCUT2D eigenvalue weighted by molar-refractivity contribution is 7.98. The van der Waals surface area contributed by atoms with Crippen molar-refractivity contribution in [3.05, 3.63) is 0 Å². The first-order chi connectivity index (χ1) is 7.36. The maximum atomic E-state index is 3.44. The van der Waals surface area contributed by atoms with Gasteiger partial charge >= 0.3 is 0 Å². The monoisotopic (exact) mass is 230 g/mol. The van der Waals surface area contributed by atoms with Gasteiger partial charge < -0.3 is 10.2 Å². The highest BCUT2D eigenvalue weighted by atomic mass is 32.2. The van der Waals surface area contributed by atoms with E-state index in [4.69, 9.17) is 0 Å². The summed E-state index contributed by atoms with van der Waals surface area (Å²) in [7, 11) is 0. The molecule has 0 aromatic rings. The third kappa shape index (κ3) is 5.79. The van der Waals surface area contributed by atoms with Crippen molar-refractivity contribution in [1.82, 2.24) is 10.2 Å². The summed E-state index contributed by atoms with van der Waals surface area (Å²) in [5.74, 6) is 2.25. The zero-order chi connectivity index (χ0) is 10.9. The fraction of sp³-hybridized carbons (Fsp3) is 1.00. The molecule has 0 radical (unpaired) electrons. The smallest absolute Gasteiger partial charge is 0.00105 e. The molecule has 1 fully saturated rings. The van der Waals surface area contributed by atoms with Crippen LogP contribution >= 0.6 is 11.8 Å². The molecular weight excluding hydrogens is 204 g/mol. The van der Waals surface area contributed by atoms with Crippen LogP contribution in [0.5, 0.6) is 0 Å². The van der Waals surface area contributed by atoms with Gasteiger partial charge in [0.2, 0.25) is 0 Å². The van der Waals surface area contributed by atoms with Gasteiger partial charge in [0.05, 0.1) is 0 Å². The van der Waals surface area contributed by atoms with Crippen LogP contribution in [0.15, 0.2) is 0 Å². The van der Waals surface area contributed by atoms with Crippen LogP contribution in [0, 0.1) is 5.92 Å². The first kappa shape index (κ1) is 13.3. The fourth-order valence-corrected chi connectivity index (χ4v) is 2.66. The van der Waals surface area contributed by atoms with Gasteiger partial charge in [0.1, 0.15) is 0 Å². The van der Waals surface area contributed by atoms with Crippen molar-refractivity contribution >= 4 is 11.8 Å². The molecule has 0 bridgehead atoms. The summed E-state index contributed by atoms with van der Waals surface area (Å²) in [5.41, 5.74) is 0. The number of hydrogen-bond acceptors (Lipinski definition) is 3. The second-order valence-electron chi connectivity index (χ2n) is 4.43. The zero-order valence-electron chi connectivity index (χ0n) is 10.3. The second-order valence-corrected chi connectivity index (χ2v) is 5.42. The molecule has 15 heavy (non-hydrogen) atoms. The molecule has 3 heteroatoms. The molecule has 1 aliphatic rings. The number of hydrogen-bond donors (Lipinski definition) is 1. The van der Waals surface area contributed by atoms with Crippen molar-refractivity contribution in [1.29, 1.82) is 0 Å². The highest BCUT2D eigenvalue weighted by Crippen LogP contribution is 2.13. The third-order valence-corrected chi connectivity index (χ3v) is 3.94. The van der Waals surface area contributed by atoms with Gasteiger partial charge in [0.15, 0.2) is 0 Å². The van der Waals surface area contributed by atoms with Gasteiger partial charge in [-0.1, -0.05) is 6.92 Å². The molecule has 0 amide bonds. The minimum Gasteiger partial charge on any atom is -0.317 e. The molecule has 0 aromatic heterocycles. The second kappa shape index (κ2) is 8.43. The Morgan fingerprint density at radius 1 is 1.33 bits per heavy atom. The average Bonchev–Trinajstić information content (AvgIpc) is 2.29. The summed E-state index contributed by atoms with van der Waals surface area (Å²) in [6.45, 7) is 8.59. The van der Waals surface area contributed by atoms with Gasteiger partial charge in [-0.3, -0.25) is 0 Å². The van der Waals surface area contributed by atoms with E-state index in [-0.39, 0.29) is 0 Å². The molecule has 0 saturated carbocycles. The highest BCUT2D eigenvalue weighted by Gasteiger charge is 2.15. The van der Waals surface area contributed by atoms with E-state index in [9.17, 15) is 0 Å². The minimum absolute atomic E-state index is 0.945. The van der Waals surface area contributed by atoms with Crippen molar-refractivity contribution in [3.63, 3.8) is 0 Å². The number of piperidine rings is 1. The predicted molar refractivity (Wildman–Crippen MR) is 70.7 cm³/mol. The maximum Gasteiger partial charge on any atom is 0.00105 e. The maximum absolute atomic E-state index is 3.44. The molecule has 0 spiro atoms. The summed E-state index contributed by atoms with van der Waals surface area (Å²) < 4.78 is 0. The molecule has 1 saturated heterocycles. The molecule has 2 nitrogen and oxygen atoms in total. The van der Waals surface area contributed by atoms with Crippen molar-refractivity contribution in [3.8, 4) is 0 Å². The Morgan fingerprint density at radius 3 is 2.67 bits per heavy atom. The van der Waals surface area contributed by atoms with E-state index in [0.717, 1.165) is 5.92 Å². The molecule has 0 aliphatic carbocycles. The third-order valence-electron chi connectivity index (χ3n) is 3.25. The Labute approximate surface area is 99.2 Å². The number of rotatable bonds is 7. The Kier molecular flexibility index (Phi) is 7.49. The van der Waals surface area contributed by atoms with E-state index in [2.05, 4.69) is 23.4 Å². The molecular formula is C12H26N2S. The zero-order valence-corrected chi connectivity index (χ0v) is 11.1. The van der Waals surface area contributed by atoms with Crippen LogP contribution in [0.25, 0.3) is 0 Å². The Bertz CT molecular complexity index is 147. The fourth-order valence-electron chi connectivity index (χ4n) is 2.24. The molecule has 0 atom stereocenters. The SMILES string of the molecule is CCN(CCCSC)CC1CCNCC1. The lowest BCUT2D eigenvalue weighted by molar-refractivity contribution is 0.214. The van der Waals surface area contributed by atoms with Gasteiger partial charge in [-0.25, -0.2) is 0 Å². The molecule has 1 heterocycles. The Morgan fingerprint density at radius 2 is 2.07 bits per heavy atom. The Hall–Kier alpha value is 0.270. The average molecular weight is 230 g/mol. The van der Waals surface area contributed by atoms with Crippen molar-refractivity contribution < 1.29 is 0 Å². The van der Waals surface area contributed by atoms with Crippen LogP contribution in [0.2, 0.25) is 0 Å². The number of thioether (sulfide) groups is 1. The van der Waals surface area contributed by atoms with E-state index in [0.29, 0.717) is 0 Å². The van der Waals surface area contributed by atoms with E-state index < -0.39 is 0 Å².